The quantitative estimate of drug-likeness (QED) is 0.359. The number of hydrogen-bond donors (Lipinski definition) is 1. The maximum Gasteiger partial charge on any atom is 0.271 e. The van der Waals surface area contributed by atoms with Crippen LogP contribution in [-0.2, 0) is 4.79 Å². The first kappa shape index (κ1) is 24.2. The molecule has 1 heterocycles. The largest absolute Gasteiger partial charge is 0.504 e. The fourth-order valence-electron chi connectivity index (χ4n) is 3.30. The fourth-order valence-corrected chi connectivity index (χ4v) is 4.65. The van der Waals surface area contributed by atoms with E-state index in [-0.39, 0.29) is 11.7 Å². The van der Waals surface area contributed by atoms with E-state index in [1.165, 1.54) is 11.8 Å². The van der Waals surface area contributed by atoms with E-state index in [4.69, 9.17) is 32.9 Å². The number of carbonyl (C=O) groups excluding carboxylic acids is 1. The Morgan fingerprint density at radius 2 is 1.74 bits per heavy atom. The van der Waals surface area contributed by atoms with Crippen LogP contribution in [-0.4, -0.2) is 22.8 Å². The number of aliphatic imine (C=N–C) groups is 1. The summed E-state index contributed by atoms with van der Waals surface area (Å²) in [5, 5.41) is 11.6. The lowest BCUT2D eigenvalue weighted by molar-refractivity contribution is -0.113. The van der Waals surface area contributed by atoms with Crippen molar-refractivity contribution in [1.82, 2.24) is 0 Å². The molecule has 1 aliphatic heterocycles. The van der Waals surface area contributed by atoms with Crippen molar-refractivity contribution < 1.29 is 14.6 Å². The van der Waals surface area contributed by atoms with Crippen LogP contribution in [0.5, 0.6) is 11.5 Å². The molecule has 174 valence electrons. The molecule has 5 nitrogen and oxygen atoms in total. The average molecular weight is 513 g/mol. The number of phenolic OH excluding ortho intramolecular Hbond substituents is 1. The Morgan fingerprint density at radius 1 is 1.03 bits per heavy atom. The van der Waals surface area contributed by atoms with Crippen LogP contribution >= 0.6 is 35.0 Å². The molecule has 1 fully saturated rings. The van der Waals surface area contributed by atoms with Crippen LogP contribution in [0.15, 0.2) is 64.5 Å². The van der Waals surface area contributed by atoms with Crippen LogP contribution in [0.1, 0.15) is 23.6 Å². The number of aryl methyl sites for hydroxylation is 2. The van der Waals surface area contributed by atoms with Crippen molar-refractivity contribution in [3.8, 4) is 11.5 Å². The van der Waals surface area contributed by atoms with Crippen LogP contribution in [0, 0.1) is 13.8 Å². The molecule has 3 aromatic carbocycles. The summed E-state index contributed by atoms with van der Waals surface area (Å²) in [4.78, 5) is 20.3. The number of anilines is 1. The molecule has 0 atom stereocenters. The zero-order chi connectivity index (χ0) is 24.4. The number of amides is 1. The molecule has 0 aromatic heterocycles. The predicted octanol–water partition coefficient (Wildman–Crippen LogP) is 7.52. The summed E-state index contributed by atoms with van der Waals surface area (Å²) in [7, 11) is 0. The van der Waals surface area contributed by atoms with Crippen molar-refractivity contribution >= 4 is 63.5 Å². The Bertz CT molecular complexity index is 1340. The van der Waals surface area contributed by atoms with E-state index in [9.17, 15) is 9.90 Å². The van der Waals surface area contributed by atoms with Crippen LogP contribution < -0.4 is 9.64 Å². The molecule has 0 aliphatic carbocycles. The number of rotatable bonds is 5. The lowest BCUT2D eigenvalue weighted by atomic mass is 10.1. The highest BCUT2D eigenvalue weighted by Crippen LogP contribution is 2.39. The number of ether oxygens (including phenoxy) is 1. The third-order valence-electron chi connectivity index (χ3n) is 5.18. The van der Waals surface area contributed by atoms with Crippen molar-refractivity contribution in [2.75, 3.05) is 11.5 Å². The first-order chi connectivity index (χ1) is 16.3. The van der Waals surface area contributed by atoms with Crippen molar-refractivity contribution in [2.45, 2.75) is 20.8 Å². The van der Waals surface area contributed by atoms with Crippen LogP contribution in [0.4, 0.5) is 11.4 Å². The smallest absolute Gasteiger partial charge is 0.271 e. The molecule has 0 radical (unpaired) electrons. The number of aromatic hydroxyl groups is 1. The topological polar surface area (TPSA) is 62.1 Å². The van der Waals surface area contributed by atoms with Crippen molar-refractivity contribution in [3.05, 3.63) is 86.2 Å². The molecule has 1 saturated heterocycles. The second-order valence-corrected chi connectivity index (χ2v) is 9.50. The number of amidine groups is 1. The minimum absolute atomic E-state index is 0.0452. The lowest BCUT2D eigenvalue weighted by Crippen LogP contribution is -2.28. The molecular weight excluding hydrogens is 491 g/mol. The van der Waals surface area contributed by atoms with Gasteiger partial charge in [0.25, 0.3) is 5.91 Å². The summed E-state index contributed by atoms with van der Waals surface area (Å²) >= 11 is 13.9. The van der Waals surface area contributed by atoms with Crippen LogP contribution in [0.25, 0.3) is 6.08 Å². The Morgan fingerprint density at radius 3 is 2.41 bits per heavy atom. The number of halogens is 2. The van der Waals surface area contributed by atoms with Gasteiger partial charge in [0.1, 0.15) is 0 Å². The number of benzene rings is 3. The van der Waals surface area contributed by atoms with Crippen molar-refractivity contribution in [2.24, 2.45) is 4.99 Å². The van der Waals surface area contributed by atoms with Crippen molar-refractivity contribution in [3.63, 3.8) is 0 Å². The number of phenols is 1. The van der Waals surface area contributed by atoms with Gasteiger partial charge in [-0.25, -0.2) is 4.99 Å². The first-order valence-corrected chi connectivity index (χ1v) is 12.1. The SMILES string of the molecule is CCOc1cc(/C=C2/S/C(=N\c3ccc(C)c(Cl)c3)N(c3ccc(C)c(Cl)c3)C2=O)ccc1O. The van der Waals surface area contributed by atoms with Gasteiger partial charge in [0.2, 0.25) is 0 Å². The number of hydrogen-bond acceptors (Lipinski definition) is 5. The normalized spacial score (nSPS) is 16.0. The van der Waals surface area contributed by atoms with E-state index in [0.29, 0.717) is 43.8 Å². The third kappa shape index (κ3) is 5.09. The van der Waals surface area contributed by atoms with Crippen molar-refractivity contribution in [1.29, 1.82) is 0 Å². The van der Waals surface area contributed by atoms with Gasteiger partial charge in [-0.05, 0) is 91.7 Å². The lowest BCUT2D eigenvalue weighted by Gasteiger charge is -2.16. The zero-order valence-corrected chi connectivity index (χ0v) is 21.1. The van der Waals surface area contributed by atoms with Gasteiger partial charge in [-0.3, -0.25) is 9.69 Å². The highest BCUT2D eigenvalue weighted by Gasteiger charge is 2.35. The molecule has 1 amide bonds. The molecule has 8 heteroatoms. The summed E-state index contributed by atoms with van der Waals surface area (Å²) in [6, 6.07) is 15.9. The van der Waals surface area contributed by atoms with Gasteiger partial charge in [-0.1, -0.05) is 41.4 Å². The summed E-state index contributed by atoms with van der Waals surface area (Å²) in [5.74, 6) is 0.175. The summed E-state index contributed by atoms with van der Waals surface area (Å²) < 4.78 is 5.47. The van der Waals surface area contributed by atoms with E-state index in [0.717, 1.165) is 16.7 Å². The van der Waals surface area contributed by atoms with Gasteiger partial charge in [0, 0.05) is 10.0 Å². The Labute approximate surface area is 212 Å². The van der Waals surface area contributed by atoms with Gasteiger partial charge >= 0.3 is 0 Å². The van der Waals surface area contributed by atoms with E-state index >= 15 is 0 Å². The summed E-state index contributed by atoms with van der Waals surface area (Å²) in [6.45, 7) is 6.08. The standard InChI is InChI=1S/C26H22Cl2N2O3S/c1-4-33-23-11-17(7-10-22(23)31)12-24-25(32)30(19-9-6-16(3)21(28)14-19)26(34-24)29-18-8-5-15(2)20(27)13-18/h5-14,31H,4H2,1-3H3/b24-12+,29-26-. The van der Waals surface area contributed by atoms with Gasteiger partial charge in [-0.15, -0.1) is 0 Å². The number of thioether (sulfide) groups is 1. The molecule has 1 aliphatic rings. The molecule has 34 heavy (non-hydrogen) atoms. The molecule has 3 aromatic rings. The molecule has 0 bridgehead atoms. The Hall–Kier alpha value is -2.93. The molecule has 0 unspecified atom stereocenters. The van der Waals surface area contributed by atoms with E-state index in [1.807, 2.05) is 45.0 Å². The average Bonchev–Trinajstić information content (AvgIpc) is 3.09. The van der Waals surface area contributed by atoms with Gasteiger partial charge < -0.3 is 9.84 Å². The number of nitrogens with zero attached hydrogens (tertiary/aromatic N) is 2. The highest BCUT2D eigenvalue weighted by molar-refractivity contribution is 8.19. The second kappa shape index (κ2) is 10.1. The van der Waals surface area contributed by atoms with Crippen LogP contribution in [0.3, 0.4) is 0 Å². The Kier molecular flexibility index (Phi) is 7.22. The maximum absolute atomic E-state index is 13.5. The molecular formula is C26H22Cl2N2O3S. The van der Waals surface area contributed by atoms with E-state index in [2.05, 4.69) is 0 Å². The second-order valence-electron chi connectivity index (χ2n) is 7.67. The minimum Gasteiger partial charge on any atom is -0.504 e. The Balaban J connectivity index is 1.79. The minimum atomic E-state index is -0.229. The highest BCUT2D eigenvalue weighted by atomic mass is 35.5. The maximum atomic E-state index is 13.5. The van der Waals surface area contributed by atoms with Gasteiger partial charge in [-0.2, -0.15) is 0 Å². The fraction of sp³-hybridized carbons (Fsp3) is 0.154. The van der Waals surface area contributed by atoms with Gasteiger partial charge in [0.15, 0.2) is 16.7 Å². The molecule has 0 saturated carbocycles. The predicted molar refractivity (Wildman–Crippen MR) is 142 cm³/mol. The first-order valence-electron chi connectivity index (χ1n) is 10.6. The van der Waals surface area contributed by atoms with Gasteiger partial charge in [0.05, 0.1) is 22.9 Å². The van der Waals surface area contributed by atoms with E-state index < -0.39 is 0 Å². The monoisotopic (exact) mass is 512 g/mol. The van der Waals surface area contributed by atoms with E-state index in [1.54, 1.807) is 41.3 Å². The van der Waals surface area contributed by atoms with Crippen LogP contribution in [0.2, 0.25) is 10.0 Å². The zero-order valence-electron chi connectivity index (χ0n) is 18.8. The summed E-state index contributed by atoms with van der Waals surface area (Å²) in [5.41, 5.74) is 3.84. The molecule has 4 rings (SSSR count). The summed E-state index contributed by atoms with van der Waals surface area (Å²) in [6.07, 6.45) is 1.75. The third-order valence-corrected chi connectivity index (χ3v) is 6.96. The number of carbonyl (C=O) groups is 1. The molecule has 1 N–H and O–H groups in total. The molecule has 0 spiro atoms.